The predicted molar refractivity (Wildman–Crippen MR) is 77.5 cm³/mol. The first-order valence-corrected chi connectivity index (χ1v) is 7.10. The van der Waals surface area contributed by atoms with Crippen molar-refractivity contribution in [3.63, 3.8) is 0 Å². The van der Waals surface area contributed by atoms with Crippen LogP contribution in [0.1, 0.15) is 41.0 Å². The Bertz CT molecular complexity index is 525. The number of hydrogen-bond donors (Lipinski definition) is 0. The van der Waals surface area contributed by atoms with Gasteiger partial charge in [-0.05, 0) is 52.2 Å². The van der Waals surface area contributed by atoms with Crippen LogP contribution < -0.4 is 0 Å². The van der Waals surface area contributed by atoms with E-state index in [4.69, 9.17) is 9.47 Å². The Morgan fingerprint density at radius 2 is 1.57 bits per heavy atom. The molecular weight excluding hydrogens is 272 g/mol. The van der Waals surface area contributed by atoms with E-state index in [2.05, 4.69) is 0 Å². The molecule has 0 fully saturated rings. The number of carbonyl (C=O) groups excluding carboxylic acids is 3. The fraction of sp³-hybridized carbons (Fsp3) is 0.562. The molecule has 0 aromatic heterocycles. The van der Waals surface area contributed by atoms with Gasteiger partial charge in [-0.1, -0.05) is 0 Å². The van der Waals surface area contributed by atoms with Crippen LogP contribution in [0.15, 0.2) is 22.3 Å². The lowest BCUT2D eigenvalue weighted by Crippen LogP contribution is -2.27. The first kappa shape index (κ1) is 17.1. The van der Waals surface area contributed by atoms with E-state index < -0.39 is 17.9 Å². The van der Waals surface area contributed by atoms with Crippen molar-refractivity contribution in [1.29, 1.82) is 0 Å². The molecule has 5 heteroatoms. The van der Waals surface area contributed by atoms with Gasteiger partial charge in [0.2, 0.25) is 0 Å². The molecule has 1 aliphatic rings. The molecule has 0 spiro atoms. The summed E-state index contributed by atoms with van der Waals surface area (Å²) in [7, 11) is 0. The molecule has 0 amide bonds. The van der Waals surface area contributed by atoms with Crippen LogP contribution in [0, 0.1) is 5.92 Å². The van der Waals surface area contributed by atoms with E-state index in [1.807, 2.05) is 0 Å². The molecule has 0 bridgehead atoms. The van der Waals surface area contributed by atoms with E-state index in [-0.39, 0.29) is 25.4 Å². The largest absolute Gasteiger partial charge is 0.463 e. The van der Waals surface area contributed by atoms with Crippen molar-refractivity contribution >= 4 is 17.7 Å². The van der Waals surface area contributed by atoms with Crippen molar-refractivity contribution < 1.29 is 23.9 Å². The third kappa shape index (κ3) is 3.60. The lowest BCUT2D eigenvalue weighted by Gasteiger charge is -2.26. The topological polar surface area (TPSA) is 69.7 Å². The van der Waals surface area contributed by atoms with Crippen molar-refractivity contribution in [3.05, 3.63) is 22.3 Å². The molecule has 0 saturated heterocycles. The number of hydrogen-bond acceptors (Lipinski definition) is 5. The van der Waals surface area contributed by atoms with Crippen LogP contribution in [-0.2, 0) is 23.9 Å². The summed E-state index contributed by atoms with van der Waals surface area (Å²) in [6.45, 7) is 8.81. The molecule has 1 unspecified atom stereocenters. The summed E-state index contributed by atoms with van der Waals surface area (Å²) >= 11 is 0. The van der Waals surface area contributed by atoms with Gasteiger partial charge < -0.3 is 9.47 Å². The van der Waals surface area contributed by atoms with Gasteiger partial charge in [0, 0.05) is 11.5 Å². The third-order valence-electron chi connectivity index (χ3n) is 3.65. The summed E-state index contributed by atoms with van der Waals surface area (Å²) in [5.74, 6) is -1.54. The Morgan fingerprint density at radius 3 is 2.05 bits per heavy atom. The zero-order chi connectivity index (χ0) is 16.2. The Labute approximate surface area is 125 Å². The second kappa shape index (κ2) is 7.20. The second-order valence-corrected chi connectivity index (χ2v) is 4.97. The van der Waals surface area contributed by atoms with Crippen LogP contribution in [0.5, 0.6) is 0 Å². The molecule has 0 N–H and O–H groups in total. The van der Waals surface area contributed by atoms with Crippen LogP contribution in [0.4, 0.5) is 0 Å². The highest BCUT2D eigenvalue weighted by molar-refractivity contribution is 6.02. The highest BCUT2D eigenvalue weighted by Gasteiger charge is 2.34. The quantitative estimate of drug-likeness (QED) is 0.728. The SMILES string of the molecule is CCOC(=O)C1=C(C)C(C(=O)OCC)=C(C)C(C(C)=O)C1. The zero-order valence-electron chi connectivity index (χ0n) is 13.2. The first-order valence-electron chi connectivity index (χ1n) is 7.10. The summed E-state index contributed by atoms with van der Waals surface area (Å²) in [4.78, 5) is 36.0. The van der Waals surface area contributed by atoms with Crippen molar-refractivity contribution in [2.45, 2.75) is 41.0 Å². The first-order chi connectivity index (χ1) is 9.84. The molecule has 0 aromatic carbocycles. The summed E-state index contributed by atoms with van der Waals surface area (Å²) in [6.07, 6.45) is 0.273. The number of ketones is 1. The molecule has 1 atom stereocenters. The van der Waals surface area contributed by atoms with E-state index in [0.29, 0.717) is 22.3 Å². The molecular formula is C16H22O5. The Balaban J connectivity index is 3.35. The average molecular weight is 294 g/mol. The minimum atomic E-state index is -0.500. The molecule has 0 heterocycles. The number of esters is 2. The van der Waals surface area contributed by atoms with Crippen molar-refractivity contribution in [2.24, 2.45) is 5.92 Å². The van der Waals surface area contributed by atoms with Gasteiger partial charge in [-0.2, -0.15) is 0 Å². The maximum atomic E-state index is 12.1. The summed E-state index contributed by atoms with van der Waals surface area (Å²) < 4.78 is 10.1. The zero-order valence-corrected chi connectivity index (χ0v) is 13.2. The van der Waals surface area contributed by atoms with Crippen LogP contribution in [0.3, 0.4) is 0 Å². The molecule has 0 aliphatic heterocycles. The summed E-state index contributed by atoms with van der Waals surface area (Å²) in [6, 6.07) is 0. The van der Waals surface area contributed by atoms with Gasteiger partial charge in [-0.25, -0.2) is 9.59 Å². The van der Waals surface area contributed by atoms with Gasteiger partial charge in [0.05, 0.1) is 18.8 Å². The van der Waals surface area contributed by atoms with Gasteiger partial charge in [-0.3, -0.25) is 4.79 Å². The summed E-state index contributed by atoms with van der Waals surface area (Å²) in [5.41, 5.74) is 1.91. The van der Waals surface area contributed by atoms with E-state index in [1.54, 1.807) is 27.7 Å². The molecule has 0 saturated carbocycles. The Kier molecular flexibility index (Phi) is 5.88. The smallest absolute Gasteiger partial charge is 0.338 e. The van der Waals surface area contributed by atoms with E-state index >= 15 is 0 Å². The highest BCUT2D eigenvalue weighted by Crippen LogP contribution is 2.36. The molecule has 0 aromatic rings. The molecule has 1 rings (SSSR count). The van der Waals surface area contributed by atoms with Gasteiger partial charge in [0.25, 0.3) is 0 Å². The van der Waals surface area contributed by atoms with Crippen molar-refractivity contribution in [2.75, 3.05) is 13.2 Å². The lowest BCUT2D eigenvalue weighted by molar-refractivity contribution is -0.138. The van der Waals surface area contributed by atoms with Crippen molar-refractivity contribution in [1.82, 2.24) is 0 Å². The fourth-order valence-electron chi connectivity index (χ4n) is 2.55. The number of rotatable bonds is 5. The number of ether oxygens (including phenoxy) is 2. The number of Topliss-reactive ketones (excluding diaryl/α,β-unsaturated/α-hetero) is 1. The average Bonchev–Trinajstić information content (AvgIpc) is 2.38. The predicted octanol–water partition coefficient (Wildman–Crippen LogP) is 2.35. The lowest BCUT2D eigenvalue weighted by atomic mass is 9.78. The normalized spacial score (nSPS) is 18.6. The van der Waals surface area contributed by atoms with Gasteiger partial charge >= 0.3 is 11.9 Å². The monoisotopic (exact) mass is 294 g/mol. The van der Waals surface area contributed by atoms with E-state index in [0.717, 1.165) is 0 Å². The highest BCUT2D eigenvalue weighted by atomic mass is 16.5. The standard InChI is InChI=1S/C16H22O5/c1-6-20-15(18)13-8-12(11(5)17)9(3)14(10(13)4)16(19)21-7-2/h12H,6-8H2,1-5H3. The number of allylic oxidation sites excluding steroid dienone is 1. The second-order valence-electron chi connectivity index (χ2n) is 4.97. The third-order valence-corrected chi connectivity index (χ3v) is 3.65. The van der Waals surface area contributed by atoms with Crippen LogP contribution in [0.25, 0.3) is 0 Å². The Morgan fingerprint density at radius 1 is 1.05 bits per heavy atom. The van der Waals surface area contributed by atoms with Crippen LogP contribution in [-0.4, -0.2) is 30.9 Å². The van der Waals surface area contributed by atoms with Gasteiger partial charge in [0.15, 0.2) is 0 Å². The van der Waals surface area contributed by atoms with Gasteiger partial charge in [-0.15, -0.1) is 0 Å². The molecule has 1 aliphatic carbocycles. The molecule has 21 heavy (non-hydrogen) atoms. The fourth-order valence-corrected chi connectivity index (χ4v) is 2.55. The maximum absolute atomic E-state index is 12.1. The van der Waals surface area contributed by atoms with E-state index in [9.17, 15) is 14.4 Å². The van der Waals surface area contributed by atoms with Gasteiger partial charge in [0.1, 0.15) is 5.78 Å². The summed E-state index contributed by atoms with van der Waals surface area (Å²) in [5, 5.41) is 0. The van der Waals surface area contributed by atoms with Crippen LogP contribution in [0.2, 0.25) is 0 Å². The molecule has 0 radical (unpaired) electrons. The Hall–Kier alpha value is -1.91. The van der Waals surface area contributed by atoms with E-state index in [1.165, 1.54) is 6.92 Å². The van der Waals surface area contributed by atoms with Crippen molar-refractivity contribution in [3.8, 4) is 0 Å². The minimum Gasteiger partial charge on any atom is -0.463 e. The molecule has 116 valence electrons. The molecule has 5 nitrogen and oxygen atoms in total. The minimum absolute atomic E-state index is 0.0800. The van der Waals surface area contributed by atoms with Crippen LogP contribution >= 0.6 is 0 Å². The number of carbonyl (C=O) groups is 3. The maximum Gasteiger partial charge on any atom is 0.338 e.